The van der Waals surface area contributed by atoms with Gasteiger partial charge in [-0.2, -0.15) is 0 Å². The quantitative estimate of drug-likeness (QED) is 0.777. The van der Waals surface area contributed by atoms with Crippen LogP contribution in [0.5, 0.6) is 0 Å². The summed E-state index contributed by atoms with van der Waals surface area (Å²) in [5.74, 6) is 0.934. The highest BCUT2D eigenvalue weighted by Gasteiger charge is 2.43. The van der Waals surface area contributed by atoms with Crippen LogP contribution in [0.3, 0.4) is 0 Å². The third-order valence-electron chi connectivity index (χ3n) is 4.61. The van der Waals surface area contributed by atoms with Gasteiger partial charge in [0.15, 0.2) is 0 Å². The van der Waals surface area contributed by atoms with Crippen LogP contribution in [0, 0.1) is 11.3 Å². The third-order valence-corrected chi connectivity index (χ3v) is 4.61. The van der Waals surface area contributed by atoms with Gasteiger partial charge in [0.2, 0.25) is 5.91 Å². The highest BCUT2D eigenvalue weighted by Crippen LogP contribution is 2.41. The van der Waals surface area contributed by atoms with Crippen molar-refractivity contribution in [2.45, 2.75) is 52.0 Å². The van der Waals surface area contributed by atoms with E-state index in [1.807, 2.05) is 0 Å². The first kappa shape index (κ1) is 11.9. The van der Waals surface area contributed by atoms with E-state index in [1.54, 1.807) is 0 Å². The monoisotopic (exact) mass is 224 g/mol. The Morgan fingerprint density at radius 1 is 1.44 bits per heavy atom. The first-order valence-electron chi connectivity index (χ1n) is 6.59. The highest BCUT2D eigenvalue weighted by molar-refractivity contribution is 5.83. The number of hydrogen-bond donors (Lipinski definition) is 1. The van der Waals surface area contributed by atoms with Crippen LogP contribution >= 0.6 is 0 Å². The van der Waals surface area contributed by atoms with Crippen molar-refractivity contribution < 1.29 is 4.79 Å². The summed E-state index contributed by atoms with van der Waals surface area (Å²) in [5.41, 5.74) is 5.71. The first-order chi connectivity index (χ1) is 7.58. The van der Waals surface area contributed by atoms with Crippen LogP contribution in [-0.4, -0.2) is 29.9 Å². The Bertz CT molecular complexity index is 271. The van der Waals surface area contributed by atoms with E-state index in [4.69, 9.17) is 5.73 Å². The van der Waals surface area contributed by atoms with E-state index in [2.05, 4.69) is 18.7 Å². The standard InChI is InChI=1S/C13H24N2O/c1-10-5-8-15(11(10)9-14)12(16)13(2)6-3-4-7-13/h10-11H,3-9,14H2,1-2H3. The van der Waals surface area contributed by atoms with Crippen molar-refractivity contribution in [1.82, 2.24) is 4.90 Å². The maximum Gasteiger partial charge on any atom is 0.228 e. The molecule has 1 amide bonds. The summed E-state index contributed by atoms with van der Waals surface area (Å²) < 4.78 is 0. The van der Waals surface area contributed by atoms with Gasteiger partial charge in [-0.15, -0.1) is 0 Å². The van der Waals surface area contributed by atoms with Gasteiger partial charge < -0.3 is 10.6 Å². The van der Waals surface area contributed by atoms with Crippen LogP contribution in [0.4, 0.5) is 0 Å². The zero-order chi connectivity index (χ0) is 11.8. The maximum atomic E-state index is 12.6. The molecule has 2 fully saturated rings. The number of nitrogens with zero attached hydrogens (tertiary/aromatic N) is 1. The maximum absolute atomic E-state index is 12.6. The molecule has 0 aromatic carbocycles. The number of amides is 1. The van der Waals surface area contributed by atoms with Gasteiger partial charge in [-0.05, 0) is 25.2 Å². The molecular formula is C13H24N2O. The minimum atomic E-state index is -0.0858. The lowest BCUT2D eigenvalue weighted by Gasteiger charge is -2.33. The molecule has 1 aliphatic heterocycles. The minimum absolute atomic E-state index is 0.0858. The fourth-order valence-electron chi connectivity index (χ4n) is 3.34. The molecule has 0 radical (unpaired) electrons. The Morgan fingerprint density at radius 3 is 2.62 bits per heavy atom. The summed E-state index contributed by atoms with van der Waals surface area (Å²) in [6, 6.07) is 0.282. The summed E-state index contributed by atoms with van der Waals surface area (Å²) in [4.78, 5) is 14.6. The van der Waals surface area contributed by atoms with Crippen molar-refractivity contribution >= 4 is 5.91 Å². The van der Waals surface area contributed by atoms with Crippen LogP contribution in [0.2, 0.25) is 0 Å². The zero-order valence-electron chi connectivity index (χ0n) is 10.5. The average molecular weight is 224 g/mol. The predicted molar refractivity (Wildman–Crippen MR) is 64.9 cm³/mol. The SMILES string of the molecule is CC1CCN(C(=O)C2(C)CCCC2)C1CN. The molecule has 0 aromatic rings. The predicted octanol–water partition coefficient (Wildman–Crippen LogP) is 1.76. The molecule has 2 N–H and O–H groups in total. The fourth-order valence-corrected chi connectivity index (χ4v) is 3.34. The van der Waals surface area contributed by atoms with E-state index in [-0.39, 0.29) is 11.5 Å². The van der Waals surface area contributed by atoms with E-state index in [0.29, 0.717) is 18.4 Å². The van der Waals surface area contributed by atoms with Crippen LogP contribution in [0.15, 0.2) is 0 Å². The van der Waals surface area contributed by atoms with Gasteiger partial charge in [-0.3, -0.25) is 4.79 Å². The number of hydrogen-bond acceptors (Lipinski definition) is 2. The molecule has 0 spiro atoms. The summed E-state index contributed by atoms with van der Waals surface area (Å²) >= 11 is 0. The van der Waals surface area contributed by atoms with Crippen molar-refractivity contribution in [3.05, 3.63) is 0 Å². The Labute approximate surface area is 98.4 Å². The van der Waals surface area contributed by atoms with Crippen LogP contribution in [0.1, 0.15) is 46.0 Å². The number of nitrogens with two attached hydrogens (primary N) is 1. The van der Waals surface area contributed by atoms with Crippen LogP contribution in [-0.2, 0) is 4.79 Å². The molecular weight excluding hydrogens is 200 g/mol. The molecule has 92 valence electrons. The number of carbonyl (C=O) groups excluding carboxylic acids is 1. The lowest BCUT2D eigenvalue weighted by Crippen LogP contribution is -2.47. The van der Waals surface area contributed by atoms with Crippen LogP contribution < -0.4 is 5.73 Å². The Kier molecular flexibility index (Phi) is 3.24. The van der Waals surface area contributed by atoms with Crippen molar-refractivity contribution in [3.8, 4) is 0 Å². The Morgan fingerprint density at radius 2 is 2.06 bits per heavy atom. The fraction of sp³-hybridized carbons (Fsp3) is 0.923. The summed E-state index contributed by atoms with van der Waals surface area (Å²) in [7, 11) is 0. The topological polar surface area (TPSA) is 46.3 Å². The summed E-state index contributed by atoms with van der Waals surface area (Å²) in [6.45, 7) is 5.88. The van der Waals surface area contributed by atoms with Gasteiger partial charge in [0.1, 0.15) is 0 Å². The largest absolute Gasteiger partial charge is 0.338 e. The second-order valence-electron chi connectivity index (χ2n) is 5.84. The van der Waals surface area contributed by atoms with E-state index < -0.39 is 0 Å². The van der Waals surface area contributed by atoms with Crippen molar-refractivity contribution in [2.75, 3.05) is 13.1 Å². The second-order valence-corrected chi connectivity index (χ2v) is 5.84. The lowest BCUT2D eigenvalue weighted by atomic mass is 9.86. The van der Waals surface area contributed by atoms with Crippen molar-refractivity contribution in [1.29, 1.82) is 0 Å². The second kappa shape index (κ2) is 4.36. The van der Waals surface area contributed by atoms with Gasteiger partial charge in [0.25, 0.3) is 0 Å². The normalized spacial score (nSPS) is 33.3. The first-order valence-corrected chi connectivity index (χ1v) is 6.59. The summed E-state index contributed by atoms with van der Waals surface area (Å²) in [6.07, 6.45) is 5.66. The van der Waals surface area contributed by atoms with Gasteiger partial charge in [0.05, 0.1) is 0 Å². The average Bonchev–Trinajstić information content (AvgIpc) is 2.84. The molecule has 2 atom stereocenters. The highest BCUT2D eigenvalue weighted by atomic mass is 16.2. The van der Waals surface area contributed by atoms with Gasteiger partial charge >= 0.3 is 0 Å². The molecule has 0 bridgehead atoms. The molecule has 1 saturated heterocycles. The van der Waals surface area contributed by atoms with E-state index in [1.165, 1.54) is 12.8 Å². The van der Waals surface area contributed by atoms with Crippen LogP contribution in [0.25, 0.3) is 0 Å². The zero-order valence-corrected chi connectivity index (χ0v) is 10.5. The lowest BCUT2D eigenvalue weighted by molar-refractivity contribution is -0.142. The molecule has 2 aliphatic rings. The van der Waals surface area contributed by atoms with Gasteiger partial charge in [0, 0.05) is 24.5 Å². The van der Waals surface area contributed by atoms with Crippen molar-refractivity contribution in [3.63, 3.8) is 0 Å². The smallest absolute Gasteiger partial charge is 0.228 e. The number of carbonyl (C=O) groups is 1. The molecule has 1 heterocycles. The Balaban J connectivity index is 2.09. The third kappa shape index (κ3) is 1.86. The van der Waals surface area contributed by atoms with Gasteiger partial charge in [-0.25, -0.2) is 0 Å². The van der Waals surface area contributed by atoms with E-state index >= 15 is 0 Å². The van der Waals surface area contributed by atoms with E-state index in [0.717, 1.165) is 25.8 Å². The molecule has 3 heteroatoms. The minimum Gasteiger partial charge on any atom is -0.338 e. The molecule has 2 rings (SSSR count). The Hall–Kier alpha value is -0.570. The number of likely N-dealkylation sites (tertiary alicyclic amines) is 1. The number of rotatable bonds is 2. The van der Waals surface area contributed by atoms with E-state index in [9.17, 15) is 4.79 Å². The molecule has 0 aromatic heterocycles. The summed E-state index contributed by atoms with van der Waals surface area (Å²) in [5, 5.41) is 0. The molecule has 16 heavy (non-hydrogen) atoms. The van der Waals surface area contributed by atoms with Crippen molar-refractivity contribution in [2.24, 2.45) is 17.1 Å². The molecule has 3 nitrogen and oxygen atoms in total. The molecule has 2 unspecified atom stereocenters. The molecule has 1 aliphatic carbocycles. The molecule has 1 saturated carbocycles. The van der Waals surface area contributed by atoms with Gasteiger partial charge in [-0.1, -0.05) is 26.7 Å².